The molecule has 21 heavy (non-hydrogen) atoms. The molecule has 1 fully saturated rings. The highest BCUT2D eigenvalue weighted by atomic mass is 16.3. The molecule has 0 bridgehead atoms. The van der Waals surface area contributed by atoms with Gasteiger partial charge < -0.3 is 16.2 Å². The molecule has 0 aliphatic heterocycles. The number of rotatable bonds is 2. The maximum atomic E-state index is 12.3. The van der Waals surface area contributed by atoms with E-state index in [2.05, 4.69) is 33.0 Å². The van der Waals surface area contributed by atoms with Crippen molar-refractivity contribution in [2.45, 2.75) is 53.0 Å². The summed E-state index contributed by atoms with van der Waals surface area (Å²) < 4.78 is 0. The Morgan fingerprint density at radius 1 is 1.24 bits per heavy atom. The zero-order valence-corrected chi connectivity index (χ0v) is 13.4. The van der Waals surface area contributed by atoms with Crippen LogP contribution >= 0.6 is 0 Å². The molecule has 1 aromatic rings. The van der Waals surface area contributed by atoms with Crippen LogP contribution < -0.4 is 11.1 Å². The van der Waals surface area contributed by atoms with Crippen molar-refractivity contribution in [3.63, 3.8) is 0 Å². The van der Waals surface area contributed by atoms with Gasteiger partial charge in [0.1, 0.15) is 5.75 Å². The standard InChI is InChI=1S/C17H26N2O2/c1-16(2)8-12(9-17(3,4)10-16)19-15(21)11-5-6-13(18)14(20)7-11/h5-7,12,20H,8-10,18H2,1-4H3,(H,19,21). The fourth-order valence-electron chi connectivity index (χ4n) is 3.90. The zero-order chi connectivity index (χ0) is 15.8. The van der Waals surface area contributed by atoms with Gasteiger partial charge in [-0.3, -0.25) is 4.79 Å². The number of hydrogen-bond donors (Lipinski definition) is 3. The molecular weight excluding hydrogens is 264 g/mol. The number of anilines is 1. The largest absolute Gasteiger partial charge is 0.506 e. The molecule has 0 radical (unpaired) electrons. The fourth-order valence-corrected chi connectivity index (χ4v) is 3.90. The molecule has 0 aromatic heterocycles. The van der Waals surface area contributed by atoms with Gasteiger partial charge in [0.25, 0.3) is 5.91 Å². The van der Waals surface area contributed by atoms with Crippen LogP contribution in [-0.4, -0.2) is 17.1 Å². The van der Waals surface area contributed by atoms with Crippen molar-refractivity contribution in [2.24, 2.45) is 10.8 Å². The Morgan fingerprint density at radius 3 is 2.33 bits per heavy atom. The summed E-state index contributed by atoms with van der Waals surface area (Å²) in [5.74, 6) is -0.198. The number of nitrogens with one attached hydrogen (secondary N) is 1. The predicted octanol–water partition coefficient (Wildman–Crippen LogP) is 3.31. The molecule has 1 aliphatic carbocycles. The van der Waals surface area contributed by atoms with Gasteiger partial charge in [-0.25, -0.2) is 0 Å². The number of nitrogen functional groups attached to an aromatic ring is 1. The lowest BCUT2D eigenvalue weighted by molar-refractivity contribution is 0.0713. The molecule has 116 valence electrons. The molecule has 0 atom stereocenters. The van der Waals surface area contributed by atoms with Crippen LogP contribution in [0.15, 0.2) is 18.2 Å². The second-order valence-electron chi connectivity index (χ2n) is 7.86. The summed E-state index contributed by atoms with van der Waals surface area (Å²) in [4.78, 5) is 12.3. The molecule has 2 rings (SSSR count). The molecule has 1 saturated carbocycles. The third kappa shape index (κ3) is 3.90. The minimum atomic E-state index is -0.149. The van der Waals surface area contributed by atoms with Crippen LogP contribution in [0.3, 0.4) is 0 Å². The number of phenolic OH excluding ortho intramolecular Hbond substituents is 1. The van der Waals surface area contributed by atoms with Gasteiger partial charge in [0.15, 0.2) is 0 Å². The van der Waals surface area contributed by atoms with Crippen LogP contribution in [0.25, 0.3) is 0 Å². The number of nitrogens with two attached hydrogens (primary N) is 1. The second-order valence-corrected chi connectivity index (χ2v) is 7.86. The molecule has 0 heterocycles. The van der Waals surface area contributed by atoms with Gasteiger partial charge in [0.05, 0.1) is 5.69 Å². The van der Waals surface area contributed by atoms with E-state index in [1.54, 1.807) is 12.1 Å². The van der Waals surface area contributed by atoms with Crippen LogP contribution in [0.4, 0.5) is 5.69 Å². The first-order valence-electron chi connectivity index (χ1n) is 7.47. The average Bonchev–Trinajstić information content (AvgIpc) is 2.28. The van der Waals surface area contributed by atoms with Gasteiger partial charge in [0, 0.05) is 11.6 Å². The lowest BCUT2D eigenvalue weighted by Gasteiger charge is -2.45. The van der Waals surface area contributed by atoms with E-state index in [0.29, 0.717) is 5.56 Å². The summed E-state index contributed by atoms with van der Waals surface area (Å²) >= 11 is 0. The molecule has 0 saturated heterocycles. The fraction of sp³-hybridized carbons (Fsp3) is 0.588. The lowest BCUT2D eigenvalue weighted by atomic mass is 9.63. The van der Waals surface area contributed by atoms with E-state index in [0.717, 1.165) is 19.3 Å². The zero-order valence-electron chi connectivity index (χ0n) is 13.4. The Morgan fingerprint density at radius 2 is 1.81 bits per heavy atom. The molecule has 4 nitrogen and oxygen atoms in total. The van der Waals surface area contributed by atoms with Crippen LogP contribution in [0.5, 0.6) is 5.75 Å². The maximum absolute atomic E-state index is 12.3. The van der Waals surface area contributed by atoms with Gasteiger partial charge >= 0.3 is 0 Å². The molecule has 1 aliphatic rings. The molecule has 1 aromatic carbocycles. The van der Waals surface area contributed by atoms with Gasteiger partial charge in [-0.1, -0.05) is 27.7 Å². The number of aromatic hydroxyl groups is 1. The Hall–Kier alpha value is -1.71. The first-order valence-corrected chi connectivity index (χ1v) is 7.47. The summed E-state index contributed by atoms with van der Waals surface area (Å²) in [6, 6.07) is 4.78. The summed E-state index contributed by atoms with van der Waals surface area (Å²) in [7, 11) is 0. The van der Waals surface area contributed by atoms with E-state index in [1.165, 1.54) is 6.07 Å². The Balaban J connectivity index is 2.10. The first kappa shape index (κ1) is 15.7. The van der Waals surface area contributed by atoms with Gasteiger partial charge in [0.2, 0.25) is 0 Å². The third-order valence-corrected chi connectivity index (χ3v) is 4.18. The van der Waals surface area contributed by atoms with E-state index in [1.807, 2.05) is 0 Å². The molecule has 0 unspecified atom stereocenters. The number of carbonyl (C=O) groups excluding carboxylic acids is 1. The minimum absolute atomic E-state index is 0.0491. The molecule has 0 spiro atoms. The predicted molar refractivity (Wildman–Crippen MR) is 85.2 cm³/mol. The molecule has 4 N–H and O–H groups in total. The first-order chi connectivity index (χ1) is 9.58. The maximum Gasteiger partial charge on any atom is 0.251 e. The van der Waals surface area contributed by atoms with Gasteiger partial charge in [-0.2, -0.15) is 0 Å². The van der Waals surface area contributed by atoms with Crippen molar-refractivity contribution in [2.75, 3.05) is 5.73 Å². The molecule has 1 amide bonds. The van der Waals surface area contributed by atoms with E-state index in [9.17, 15) is 9.90 Å². The summed E-state index contributed by atoms with van der Waals surface area (Å²) in [6.07, 6.45) is 3.11. The Bertz CT molecular complexity index is 534. The second kappa shape index (κ2) is 5.24. The van der Waals surface area contributed by atoms with Crippen molar-refractivity contribution >= 4 is 11.6 Å². The number of amides is 1. The van der Waals surface area contributed by atoms with E-state index in [4.69, 9.17) is 5.73 Å². The Labute approximate surface area is 126 Å². The highest BCUT2D eigenvalue weighted by Gasteiger charge is 2.38. The Kier molecular flexibility index (Phi) is 3.91. The number of carbonyl (C=O) groups is 1. The van der Waals surface area contributed by atoms with Gasteiger partial charge in [-0.15, -0.1) is 0 Å². The topological polar surface area (TPSA) is 75.4 Å². The van der Waals surface area contributed by atoms with Crippen LogP contribution in [0.2, 0.25) is 0 Å². The monoisotopic (exact) mass is 290 g/mol. The summed E-state index contributed by atoms with van der Waals surface area (Å²) in [5, 5.41) is 12.7. The van der Waals surface area contributed by atoms with E-state index >= 15 is 0 Å². The number of phenols is 1. The third-order valence-electron chi connectivity index (χ3n) is 4.18. The molecular formula is C17H26N2O2. The summed E-state index contributed by atoms with van der Waals surface area (Å²) in [5.41, 5.74) is 6.74. The number of hydrogen-bond acceptors (Lipinski definition) is 3. The van der Waals surface area contributed by atoms with Crippen LogP contribution in [0.1, 0.15) is 57.3 Å². The summed E-state index contributed by atoms with van der Waals surface area (Å²) in [6.45, 7) is 9.01. The van der Waals surface area contributed by atoms with Crippen molar-refractivity contribution in [3.8, 4) is 5.75 Å². The highest BCUT2D eigenvalue weighted by Crippen LogP contribution is 2.45. The SMILES string of the molecule is CC1(C)CC(NC(=O)c2ccc(N)c(O)c2)CC(C)(C)C1. The van der Waals surface area contributed by atoms with Crippen molar-refractivity contribution in [1.82, 2.24) is 5.32 Å². The van der Waals surface area contributed by atoms with E-state index < -0.39 is 0 Å². The van der Waals surface area contributed by atoms with Crippen molar-refractivity contribution < 1.29 is 9.90 Å². The number of benzene rings is 1. The van der Waals surface area contributed by atoms with Crippen LogP contribution in [0, 0.1) is 10.8 Å². The van der Waals surface area contributed by atoms with E-state index in [-0.39, 0.29) is 34.2 Å². The quantitative estimate of drug-likeness (QED) is 0.578. The van der Waals surface area contributed by atoms with Crippen molar-refractivity contribution in [3.05, 3.63) is 23.8 Å². The van der Waals surface area contributed by atoms with Gasteiger partial charge in [-0.05, 0) is 48.3 Å². The highest BCUT2D eigenvalue weighted by molar-refractivity contribution is 5.95. The normalized spacial score (nSPS) is 21.0. The average molecular weight is 290 g/mol. The smallest absolute Gasteiger partial charge is 0.251 e. The van der Waals surface area contributed by atoms with Crippen LogP contribution in [-0.2, 0) is 0 Å². The van der Waals surface area contributed by atoms with Crippen molar-refractivity contribution in [1.29, 1.82) is 0 Å². The lowest BCUT2D eigenvalue weighted by Crippen LogP contribution is -2.46. The molecule has 4 heteroatoms. The minimum Gasteiger partial charge on any atom is -0.506 e.